The van der Waals surface area contributed by atoms with Crippen molar-refractivity contribution < 1.29 is 9.53 Å². The van der Waals surface area contributed by atoms with E-state index in [1.54, 1.807) is 0 Å². The highest BCUT2D eigenvalue weighted by Crippen LogP contribution is 2.32. The molecule has 164 valence electrons. The molecule has 0 aromatic carbocycles. The maximum atomic E-state index is 13.1. The molecule has 0 bridgehead atoms. The number of rotatable bonds is 5. The molecule has 2 aliphatic rings. The Morgan fingerprint density at radius 1 is 1.27 bits per heavy atom. The van der Waals surface area contributed by atoms with Gasteiger partial charge in [0.25, 0.3) is 5.56 Å². The summed E-state index contributed by atoms with van der Waals surface area (Å²) in [6.45, 7) is 9.90. The van der Waals surface area contributed by atoms with Crippen LogP contribution in [0.5, 0.6) is 0 Å². The molecule has 9 heteroatoms. The second-order valence-corrected chi connectivity index (χ2v) is 9.34. The number of morpholine rings is 1. The van der Waals surface area contributed by atoms with Gasteiger partial charge in [0, 0.05) is 32.6 Å². The lowest BCUT2D eigenvalue weighted by Crippen LogP contribution is -2.38. The SMILES string of the molecule is Cc1c(NC(=O)NCCCN2CCOCC2)sc2nc3n(c(=O)c12)CCC(C)CC3. The summed E-state index contributed by atoms with van der Waals surface area (Å²) in [5.74, 6) is 1.48. The first-order chi connectivity index (χ1) is 14.5. The lowest BCUT2D eigenvalue weighted by Gasteiger charge is -2.26. The molecule has 2 aromatic rings. The molecule has 1 unspecified atom stereocenters. The third kappa shape index (κ3) is 4.68. The van der Waals surface area contributed by atoms with Crippen LogP contribution in [0.25, 0.3) is 10.2 Å². The molecule has 0 spiro atoms. The van der Waals surface area contributed by atoms with Crippen molar-refractivity contribution in [1.82, 2.24) is 19.8 Å². The van der Waals surface area contributed by atoms with E-state index in [0.717, 1.165) is 81.3 Å². The van der Waals surface area contributed by atoms with Crippen LogP contribution < -0.4 is 16.2 Å². The van der Waals surface area contributed by atoms with Crippen molar-refractivity contribution in [3.8, 4) is 0 Å². The summed E-state index contributed by atoms with van der Waals surface area (Å²) in [6, 6.07) is -0.234. The van der Waals surface area contributed by atoms with Crippen LogP contribution in [-0.2, 0) is 17.7 Å². The largest absolute Gasteiger partial charge is 0.379 e. The molecule has 2 aliphatic heterocycles. The number of hydrogen-bond donors (Lipinski definition) is 2. The van der Waals surface area contributed by atoms with Crippen LogP contribution in [0.2, 0.25) is 0 Å². The molecule has 30 heavy (non-hydrogen) atoms. The molecule has 0 radical (unpaired) electrons. The lowest BCUT2D eigenvalue weighted by molar-refractivity contribution is 0.0375. The molecule has 2 aromatic heterocycles. The van der Waals surface area contributed by atoms with Gasteiger partial charge < -0.3 is 10.1 Å². The number of aromatic nitrogens is 2. The third-order valence-corrected chi connectivity index (χ3v) is 7.20. The Morgan fingerprint density at radius 2 is 2.07 bits per heavy atom. The Balaban J connectivity index is 1.39. The predicted molar refractivity (Wildman–Crippen MR) is 120 cm³/mol. The standard InChI is InChI=1S/C21H31N5O3S/c1-14-4-5-16-23-19-17(20(27)26(16)9-6-14)15(2)18(30-19)24-21(28)22-7-3-8-25-10-12-29-13-11-25/h14H,3-13H2,1-2H3,(H2,22,24,28). The number of nitrogens with zero attached hydrogens (tertiary/aromatic N) is 3. The average molecular weight is 434 g/mol. The lowest BCUT2D eigenvalue weighted by atomic mass is 10.0. The number of anilines is 1. The summed E-state index contributed by atoms with van der Waals surface area (Å²) in [6.07, 6.45) is 3.78. The summed E-state index contributed by atoms with van der Waals surface area (Å²) >= 11 is 1.39. The van der Waals surface area contributed by atoms with E-state index >= 15 is 0 Å². The molecular weight excluding hydrogens is 402 g/mol. The summed E-state index contributed by atoms with van der Waals surface area (Å²) < 4.78 is 7.18. The highest BCUT2D eigenvalue weighted by atomic mass is 32.1. The van der Waals surface area contributed by atoms with Crippen molar-refractivity contribution >= 4 is 32.6 Å². The number of aryl methyl sites for hydroxylation is 2. The van der Waals surface area contributed by atoms with Crippen LogP contribution in [0.3, 0.4) is 0 Å². The fourth-order valence-corrected chi connectivity index (χ4v) is 5.23. The number of carbonyl (C=O) groups is 1. The average Bonchev–Trinajstić information content (AvgIpc) is 2.91. The van der Waals surface area contributed by atoms with E-state index in [2.05, 4.69) is 22.5 Å². The van der Waals surface area contributed by atoms with Crippen molar-refractivity contribution in [1.29, 1.82) is 0 Å². The minimum absolute atomic E-state index is 0.0248. The van der Waals surface area contributed by atoms with Crippen molar-refractivity contribution in [3.63, 3.8) is 0 Å². The molecule has 4 heterocycles. The molecule has 0 saturated carbocycles. The quantitative estimate of drug-likeness (QED) is 0.708. The minimum Gasteiger partial charge on any atom is -0.379 e. The molecular formula is C21H31N5O3S. The summed E-state index contributed by atoms with van der Waals surface area (Å²) in [5, 5.41) is 7.18. The van der Waals surface area contributed by atoms with Crippen LogP contribution >= 0.6 is 11.3 Å². The van der Waals surface area contributed by atoms with Crippen LogP contribution in [0.4, 0.5) is 9.80 Å². The van der Waals surface area contributed by atoms with Crippen molar-refractivity contribution in [2.45, 2.75) is 46.1 Å². The third-order valence-electron chi connectivity index (χ3n) is 6.10. The van der Waals surface area contributed by atoms with Crippen LogP contribution in [0.15, 0.2) is 4.79 Å². The second-order valence-electron chi connectivity index (χ2n) is 8.34. The normalized spacial score (nSPS) is 20.0. The van der Waals surface area contributed by atoms with Gasteiger partial charge in [0.2, 0.25) is 0 Å². The van der Waals surface area contributed by atoms with Crippen LogP contribution in [0, 0.1) is 12.8 Å². The Bertz CT molecular complexity index is 964. The summed E-state index contributed by atoms with van der Waals surface area (Å²) in [4.78, 5) is 33.3. The van der Waals surface area contributed by atoms with Crippen LogP contribution in [0.1, 0.15) is 37.6 Å². The van der Waals surface area contributed by atoms with Gasteiger partial charge in [0.15, 0.2) is 0 Å². The molecule has 4 rings (SSSR count). The van der Waals surface area contributed by atoms with E-state index in [4.69, 9.17) is 9.72 Å². The zero-order valence-corrected chi connectivity index (χ0v) is 18.6. The van der Waals surface area contributed by atoms with E-state index in [1.165, 1.54) is 11.3 Å². The monoisotopic (exact) mass is 433 g/mol. The topological polar surface area (TPSA) is 88.5 Å². The van der Waals surface area contributed by atoms with Gasteiger partial charge in [-0.05, 0) is 44.2 Å². The van der Waals surface area contributed by atoms with Gasteiger partial charge in [-0.2, -0.15) is 0 Å². The van der Waals surface area contributed by atoms with Crippen molar-refractivity contribution in [3.05, 3.63) is 21.7 Å². The Morgan fingerprint density at radius 3 is 2.87 bits per heavy atom. The molecule has 1 fully saturated rings. The summed E-state index contributed by atoms with van der Waals surface area (Å²) in [5.41, 5.74) is 0.834. The zero-order valence-electron chi connectivity index (χ0n) is 17.8. The number of nitrogens with one attached hydrogen (secondary N) is 2. The van der Waals surface area contributed by atoms with E-state index in [1.807, 2.05) is 11.5 Å². The first-order valence-corrected chi connectivity index (χ1v) is 11.7. The highest BCUT2D eigenvalue weighted by molar-refractivity contribution is 7.22. The Kier molecular flexibility index (Phi) is 6.70. The minimum atomic E-state index is -0.234. The molecule has 2 N–H and O–H groups in total. The van der Waals surface area contributed by atoms with E-state index in [0.29, 0.717) is 22.8 Å². The van der Waals surface area contributed by atoms with Crippen LogP contribution in [-0.4, -0.2) is 59.9 Å². The van der Waals surface area contributed by atoms with Gasteiger partial charge in [-0.15, -0.1) is 0 Å². The number of urea groups is 1. The highest BCUT2D eigenvalue weighted by Gasteiger charge is 2.21. The number of amides is 2. The van der Waals surface area contributed by atoms with Gasteiger partial charge in [0.05, 0.1) is 18.6 Å². The molecule has 8 nitrogen and oxygen atoms in total. The Labute approximate surface area is 180 Å². The predicted octanol–water partition coefficient (Wildman–Crippen LogP) is 2.58. The van der Waals surface area contributed by atoms with Crippen molar-refractivity contribution in [2.75, 3.05) is 44.7 Å². The summed E-state index contributed by atoms with van der Waals surface area (Å²) in [7, 11) is 0. The number of fused-ring (bicyclic) bond motifs is 2. The van der Waals surface area contributed by atoms with E-state index in [9.17, 15) is 9.59 Å². The number of thiophene rings is 1. The number of ether oxygens (including phenoxy) is 1. The van der Waals surface area contributed by atoms with Gasteiger partial charge in [0.1, 0.15) is 15.7 Å². The van der Waals surface area contributed by atoms with Gasteiger partial charge in [-0.25, -0.2) is 9.78 Å². The molecule has 2 amide bonds. The number of carbonyl (C=O) groups excluding carboxylic acids is 1. The van der Waals surface area contributed by atoms with E-state index < -0.39 is 0 Å². The fraction of sp³-hybridized carbons (Fsp3) is 0.667. The van der Waals surface area contributed by atoms with E-state index in [-0.39, 0.29) is 11.6 Å². The molecule has 1 saturated heterocycles. The first kappa shape index (κ1) is 21.3. The van der Waals surface area contributed by atoms with Gasteiger partial charge >= 0.3 is 6.03 Å². The smallest absolute Gasteiger partial charge is 0.319 e. The number of hydrogen-bond acceptors (Lipinski definition) is 6. The first-order valence-electron chi connectivity index (χ1n) is 10.9. The zero-order chi connectivity index (χ0) is 21.1. The maximum absolute atomic E-state index is 13.1. The maximum Gasteiger partial charge on any atom is 0.319 e. The Hall–Kier alpha value is -1.97. The van der Waals surface area contributed by atoms with Gasteiger partial charge in [-0.1, -0.05) is 18.3 Å². The van der Waals surface area contributed by atoms with Crippen molar-refractivity contribution in [2.24, 2.45) is 5.92 Å². The molecule has 1 atom stereocenters. The molecule has 0 aliphatic carbocycles. The second kappa shape index (κ2) is 9.45. The fourth-order valence-electron chi connectivity index (χ4n) is 4.15. The van der Waals surface area contributed by atoms with Gasteiger partial charge in [-0.3, -0.25) is 19.6 Å².